The molecule has 0 radical (unpaired) electrons. The highest BCUT2D eigenvalue weighted by molar-refractivity contribution is 5.21. The van der Waals surface area contributed by atoms with Gasteiger partial charge in [-0.1, -0.05) is 51.1 Å². The molecule has 1 aromatic carbocycles. The molecule has 0 amide bonds. The van der Waals surface area contributed by atoms with Crippen molar-refractivity contribution < 1.29 is 9.84 Å². The summed E-state index contributed by atoms with van der Waals surface area (Å²) < 4.78 is 6.09. The van der Waals surface area contributed by atoms with Crippen LogP contribution >= 0.6 is 0 Å². The quantitative estimate of drug-likeness (QED) is 0.807. The lowest BCUT2D eigenvalue weighted by Crippen LogP contribution is -2.36. The Labute approximate surface area is 134 Å². The minimum absolute atomic E-state index is 0.0657. The molecule has 0 spiro atoms. The van der Waals surface area contributed by atoms with E-state index in [-0.39, 0.29) is 24.8 Å². The highest BCUT2D eigenvalue weighted by atomic mass is 16.5. The van der Waals surface area contributed by atoms with Gasteiger partial charge in [0.05, 0.1) is 18.7 Å². The zero-order chi connectivity index (χ0) is 16.1. The zero-order valence-electron chi connectivity index (χ0n) is 14.1. The Kier molecular flexibility index (Phi) is 6.04. The van der Waals surface area contributed by atoms with Crippen LogP contribution in [0.2, 0.25) is 0 Å². The topological polar surface area (TPSA) is 41.5 Å². The van der Waals surface area contributed by atoms with Crippen molar-refractivity contribution in [2.45, 2.75) is 52.3 Å². The monoisotopic (exact) mass is 303 g/mol. The van der Waals surface area contributed by atoms with Crippen LogP contribution in [-0.4, -0.2) is 23.9 Å². The smallest absolute Gasteiger partial charge is 0.110 e. The van der Waals surface area contributed by atoms with Crippen LogP contribution in [0.1, 0.15) is 45.7 Å². The highest BCUT2D eigenvalue weighted by Gasteiger charge is 2.31. The van der Waals surface area contributed by atoms with Gasteiger partial charge in [0.15, 0.2) is 0 Å². The number of benzene rings is 1. The van der Waals surface area contributed by atoms with E-state index < -0.39 is 0 Å². The SMILES string of the molecule is CC[C@@H](N[C@@H](CO)c1ccccc1)C1=CC(C(C)C)C(C)O1. The lowest BCUT2D eigenvalue weighted by atomic mass is 9.91. The maximum Gasteiger partial charge on any atom is 0.110 e. The first-order valence-electron chi connectivity index (χ1n) is 8.37. The van der Waals surface area contributed by atoms with Gasteiger partial charge in [-0.15, -0.1) is 0 Å². The molecule has 1 aliphatic heterocycles. The van der Waals surface area contributed by atoms with Crippen LogP contribution in [0.25, 0.3) is 0 Å². The number of nitrogens with one attached hydrogen (secondary N) is 1. The molecule has 3 nitrogen and oxygen atoms in total. The number of rotatable bonds is 7. The average Bonchev–Trinajstić information content (AvgIpc) is 2.91. The Morgan fingerprint density at radius 3 is 2.36 bits per heavy atom. The second-order valence-electron chi connectivity index (χ2n) is 6.49. The van der Waals surface area contributed by atoms with E-state index in [1.54, 1.807) is 0 Å². The summed E-state index contributed by atoms with van der Waals surface area (Å²) >= 11 is 0. The Hall–Kier alpha value is -1.32. The third-order valence-electron chi connectivity index (χ3n) is 4.53. The van der Waals surface area contributed by atoms with Crippen molar-refractivity contribution in [1.29, 1.82) is 0 Å². The van der Waals surface area contributed by atoms with E-state index in [0.29, 0.717) is 11.8 Å². The predicted octanol–water partition coefficient (Wildman–Crippen LogP) is 3.66. The molecule has 1 heterocycles. The van der Waals surface area contributed by atoms with Gasteiger partial charge in [-0.25, -0.2) is 0 Å². The summed E-state index contributed by atoms with van der Waals surface area (Å²) in [6, 6.07) is 10.2. The van der Waals surface area contributed by atoms with Crippen molar-refractivity contribution in [3.05, 3.63) is 47.7 Å². The number of hydrogen-bond donors (Lipinski definition) is 2. The molecular weight excluding hydrogens is 274 g/mol. The Bertz CT molecular complexity index is 483. The lowest BCUT2D eigenvalue weighted by molar-refractivity contribution is 0.0956. The fourth-order valence-electron chi connectivity index (χ4n) is 3.17. The van der Waals surface area contributed by atoms with Crippen molar-refractivity contribution >= 4 is 0 Å². The van der Waals surface area contributed by atoms with Crippen molar-refractivity contribution in [1.82, 2.24) is 5.32 Å². The highest BCUT2D eigenvalue weighted by Crippen LogP contribution is 2.32. The van der Waals surface area contributed by atoms with Crippen LogP contribution in [-0.2, 0) is 4.74 Å². The molecular formula is C19H29NO2. The molecule has 22 heavy (non-hydrogen) atoms. The van der Waals surface area contributed by atoms with E-state index in [9.17, 15) is 5.11 Å². The molecule has 2 N–H and O–H groups in total. The van der Waals surface area contributed by atoms with E-state index in [0.717, 1.165) is 17.7 Å². The summed E-state index contributed by atoms with van der Waals surface area (Å²) in [5, 5.41) is 13.3. The zero-order valence-corrected chi connectivity index (χ0v) is 14.1. The Morgan fingerprint density at radius 2 is 1.86 bits per heavy atom. The van der Waals surface area contributed by atoms with Gasteiger partial charge in [-0.2, -0.15) is 0 Å². The van der Waals surface area contributed by atoms with Gasteiger partial charge in [-0.05, 0) is 30.9 Å². The normalized spacial score (nSPS) is 24.0. The predicted molar refractivity (Wildman–Crippen MR) is 90.4 cm³/mol. The van der Waals surface area contributed by atoms with Crippen LogP contribution in [0.3, 0.4) is 0 Å². The fourth-order valence-corrected chi connectivity index (χ4v) is 3.17. The standard InChI is InChI=1S/C19H29NO2/c1-5-17(19-11-16(13(2)3)14(4)22-19)20-18(12-21)15-9-7-6-8-10-15/h6-11,13-14,16-18,20-21H,5,12H2,1-4H3/t14?,16?,17-,18+/m1/s1. The maximum absolute atomic E-state index is 9.74. The van der Waals surface area contributed by atoms with Gasteiger partial charge in [0.25, 0.3) is 0 Å². The molecule has 2 unspecified atom stereocenters. The molecule has 2 rings (SSSR count). The molecule has 0 bridgehead atoms. The minimum Gasteiger partial charge on any atom is -0.493 e. The molecule has 0 saturated carbocycles. The number of aliphatic hydroxyl groups excluding tert-OH is 1. The van der Waals surface area contributed by atoms with Crippen LogP contribution < -0.4 is 5.32 Å². The van der Waals surface area contributed by atoms with Gasteiger partial charge in [0, 0.05) is 5.92 Å². The maximum atomic E-state index is 9.74. The van der Waals surface area contributed by atoms with E-state index in [1.165, 1.54) is 0 Å². The van der Waals surface area contributed by atoms with Crippen molar-refractivity contribution in [2.75, 3.05) is 6.61 Å². The molecule has 0 fully saturated rings. The number of aliphatic hydroxyl groups is 1. The van der Waals surface area contributed by atoms with Crippen molar-refractivity contribution in [2.24, 2.45) is 11.8 Å². The molecule has 0 saturated heterocycles. The first kappa shape index (κ1) is 17.0. The second kappa shape index (κ2) is 7.80. The van der Waals surface area contributed by atoms with Gasteiger partial charge in [-0.3, -0.25) is 5.32 Å². The van der Waals surface area contributed by atoms with Gasteiger partial charge in [0.2, 0.25) is 0 Å². The van der Waals surface area contributed by atoms with Gasteiger partial charge >= 0.3 is 0 Å². The minimum atomic E-state index is -0.0657. The molecule has 0 aromatic heterocycles. The molecule has 4 atom stereocenters. The van der Waals surface area contributed by atoms with Crippen LogP contribution in [0.5, 0.6) is 0 Å². The molecule has 3 heteroatoms. The van der Waals surface area contributed by atoms with Gasteiger partial charge in [0.1, 0.15) is 11.9 Å². The fraction of sp³-hybridized carbons (Fsp3) is 0.579. The van der Waals surface area contributed by atoms with Gasteiger partial charge < -0.3 is 9.84 Å². The Morgan fingerprint density at radius 1 is 1.18 bits per heavy atom. The van der Waals surface area contributed by atoms with Crippen LogP contribution in [0, 0.1) is 11.8 Å². The molecule has 1 aliphatic rings. The summed E-state index contributed by atoms with van der Waals surface area (Å²) in [6.07, 6.45) is 3.44. The first-order chi connectivity index (χ1) is 10.6. The summed E-state index contributed by atoms with van der Waals surface area (Å²) in [5.74, 6) is 2.08. The van der Waals surface area contributed by atoms with E-state index >= 15 is 0 Å². The third-order valence-corrected chi connectivity index (χ3v) is 4.53. The van der Waals surface area contributed by atoms with Crippen LogP contribution in [0.4, 0.5) is 0 Å². The molecule has 1 aromatic rings. The lowest BCUT2D eigenvalue weighted by Gasteiger charge is -2.25. The first-order valence-corrected chi connectivity index (χ1v) is 8.37. The summed E-state index contributed by atoms with van der Waals surface area (Å²) in [5.41, 5.74) is 1.11. The van der Waals surface area contributed by atoms with Crippen molar-refractivity contribution in [3.63, 3.8) is 0 Å². The van der Waals surface area contributed by atoms with Crippen molar-refractivity contribution in [3.8, 4) is 0 Å². The molecule has 122 valence electrons. The summed E-state index contributed by atoms with van der Waals surface area (Å²) in [7, 11) is 0. The summed E-state index contributed by atoms with van der Waals surface area (Å²) in [6.45, 7) is 8.84. The summed E-state index contributed by atoms with van der Waals surface area (Å²) in [4.78, 5) is 0. The molecule has 0 aliphatic carbocycles. The average molecular weight is 303 g/mol. The van der Waals surface area contributed by atoms with Crippen LogP contribution in [0.15, 0.2) is 42.2 Å². The number of hydrogen-bond acceptors (Lipinski definition) is 3. The van der Waals surface area contributed by atoms with E-state index in [4.69, 9.17) is 4.74 Å². The number of ether oxygens (including phenoxy) is 1. The van der Waals surface area contributed by atoms with E-state index in [1.807, 2.05) is 30.3 Å². The third kappa shape index (κ3) is 3.90. The van der Waals surface area contributed by atoms with E-state index in [2.05, 4.69) is 39.1 Å². The Balaban J connectivity index is 2.10. The second-order valence-corrected chi connectivity index (χ2v) is 6.49. The largest absolute Gasteiger partial charge is 0.493 e.